The Morgan fingerprint density at radius 2 is 1.50 bits per heavy atom. The molecule has 9 heteroatoms. The molecule has 0 bridgehead atoms. The molecule has 1 amide bonds. The van der Waals surface area contributed by atoms with Gasteiger partial charge >= 0.3 is 0 Å². The monoisotopic (exact) mass is 517 g/mol. The third-order valence-electron chi connectivity index (χ3n) is 6.57. The fourth-order valence-electron chi connectivity index (χ4n) is 4.72. The SMILES string of the molecule is COc1cc(C2/C(=C(\O)c3ccc4c(c3)OCCO4)C(=O)C(=O)N2c2ccc(C)cc2)cc(OC)c1OC. The van der Waals surface area contributed by atoms with Crippen LogP contribution in [-0.4, -0.2) is 51.3 Å². The van der Waals surface area contributed by atoms with Crippen LogP contribution in [0.5, 0.6) is 28.7 Å². The summed E-state index contributed by atoms with van der Waals surface area (Å²) in [6.45, 7) is 2.71. The molecule has 0 aromatic heterocycles. The van der Waals surface area contributed by atoms with E-state index in [1.54, 1.807) is 42.5 Å². The number of Topliss-reactive ketones (excluding diaryl/α,β-unsaturated/α-hetero) is 1. The van der Waals surface area contributed by atoms with Gasteiger partial charge in [-0.25, -0.2) is 0 Å². The number of hydrogen-bond donors (Lipinski definition) is 1. The van der Waals surface area contributed by atoms with Gasteiger partial charge in [0, 0.05) is 11.3 Å². The minimum atomic E-state index is -0.986. The fraction of sp³-hybridized carbons (Fsp3) is 0.241. The van der Waals surface area contributed by atoms with Crippen molar-refractivity contribution in [2.75, 3.05) is 39.4 Å². The summed E-state index contributed by atoms with van der Waals surface area (Å²) in [6, 6.07) is 14.4. The lowest BCUT2D eigenvalue weighted by atomic mass is 9.94. The van der Waals surface area contributed by atoms with Gasteiger partial charge in [0.1, 0.15) is 19.0 Å². The predicted octanol–water partition coefficient (Wildman–Crippen LogP) is 4.42. The summed E-state index contributed by atoms with van der Waals surface area (Å²) in [6.07, 6.45) is 0. The molecule has 0 spiro atoms. The quantitative estimate of drug-likeness (QED) is 0.291. The number of aryl methyl sites for hydroxylation is 1. The first-order valence-corrected chi connectivity index (χ1v) is 12.0. The van der Waals surface area contributed by atoms with Gasteiger partial charge in [-0.3, -0.25) is 14.5 Å². The molecule has 9 nitrogen and oxygen atoms in total. The molecule has 38 heavy (non-hydrogen) atoms. The van der Waals surface area contributed by atoms with E-state index in [0.29, 0.717) is 58.8 Å². The molecule has 1 unspecified atom stereocenters. The molecule has 0 radical (unpaired) electrons. The fourth-order valence-corrected chi connectivity index (χ4v) is 4.72. The summed E-state index contributed by atoms with van der Waals surface area (Å²) >= 11 is 0. The highest BCUT2D eigenvalue weighted by Crippen LogP contribution is 2.47. The Kier molecular flexibility index (Phi) is 6.59. The number of hydrogen-bond acceptors (Lipinski definition) is 8. The summed E-state index contributed by atoms with van der Waals surface area (Å²) < 4.78 is 27.7. The van der Waals surface area contributed by atoms with Gasteiger partial charge < -0.3 is 28.8 Å². The number of ketones is 1. The highest BCUT2D eigenvalue weighted by atomic mass is 16.6. The number of carbonyl (C=O) groups excluding carboxylic acids is 2. The predicted molar refractivity (Wildman–Crippen MR) is 139 cm³/mol. The molecule has 1 N–H and O–H groups in total. The average Bonchev–Trinajstić information content (AvgIpc) is 3.21. The Labute approximate surface area is 219 Å². The van der Waals surface area contributed by atoms with Crippen molar-refractivity contribution in [2.45, 2.75) is 13.0 Å². The van der Waals surface area contributed by atoms with Crippen molar-refractivity contribution in [3.63, 3.8) is 0 Å². The van der Waals surface area contributed by atoms with Gasteiger partial charge in [-0.05, 0) is 55.0 Å². The molecule has 2 heterocycles. The summed E-state index contributed by atoms with van der Waals surface area (Å²) in [4.78, 5) is 28.4. The number of methoxy groups -OCH3 is 3. The zero-order valence-corrected chi connectivity index (χ0v) is 21.4. The van der Waals surface area contributed by atoms with E-state index in [2.05, 4.69) is 0 Å². The zero-order chi connectivity index (χ0) is 27.0. The second-order valence-electron chi connectivity index (χ2n) is 8.82. The lowest BCUT2D eigenvalue weighted by Crippen LogP contribution is -2.29. The highest BCUT2D eigenvalue weighted by Gasteiger charge is 2.47. The van der Waals surface area contributed by atoms with Crippen molar-refractivity contribution in [2.24, 2.45) is 0 Å². The maximum Gasteiger partial charge on any atom is 0.300 e. The number of amides is 1. The number of aliphatic hydroxyl groups excluding tert-OH is 1. The number of anilines is 1. The molecular weight excluding hydrogens is 490 g/mol. The lowest BCUT2D eigenvalue weighted by Gasteiger charge is -2.27. The van der Waals surface area contributed by atoms with Crippen molar-refractivity contribution in [1.29, 1.82) is 0 Å². The molecule has 3 aromatic rings. The van der Waals surface area contributed by atoms with E-state index in [1.807, 2.05) is 19.1 Å². The first-order chi connectivity index (χ1) is 18.4. The smallest absolute Gasteiger partial charge is 0.300 e. The molecule has 196 valence electrons. The van der Waals surface area contributed by atoms with E-state index >= 15 is 0 Å². The number of nitrogens with zero attached hydrogens (tertiary/aromatic N) is 1. The summed E-state index contributed by atoms with van der Waals surface area (Å²) in [7, 11) is 4.45. The van der Waals surface area contributed by atoms with Gasteiger partial charge in [-0.15, -0.1) is 0 Å². The van der Waals surface area contributed by atoms with Crippen LogP contribution in [0.1, 0.15) is 22.7 Å². The maximum absolute atomic E-state index is 13.5. The van der Waals surface area contributed by atoms with Crippen LogP contribution in [0.15, 0.2) is 60.2 Å². The number of aliphatic hydroxyl groups is 1. The largest absolute Gasteiger partial charge is 0.507 e. The third kappa shape index (κ3) is 4.15. The van der Waals surface area contributed by atoms with E-state index in [-0.39, 0.29) is 11.3 Å². The Bertz CT molecular complexity index is 1420. The minimum absolute atomic E-state index is 0.0819. The Morgan fingerprint density at radius 3 is 2.11 bits per heavy atom. The second kappa shape index (κ2) is 10.0. The number of ether oxygens (including phenoxy) is 5. The van der Waals surface area contributed by atoms with Crippen LogP contribution in [0, 0.1) is 6.92 Å². The molecule has 0 saturated carbocycles. The number of fused-ring (bicyclic) bond motifs is 1. The van der Waals surface area contributed by atoms with Crippen LogP contribution in [0.3, 0.4) is 0 Å². The molecule has 5 rings (SSSR count). The molecule has 0 aliphatic carbocycles. The van der Waals surface area contributed by atoms with Crippen molar-refractivity contribution in [1.82, 2.24) is 0 Å². The molecule has 3 aromatic carbocycles. The summed E-state index contributed by atoms with van der Waals surface area (Å²) in [5, 5.41) is 11.5. The van der Waals surface area contributed by atoms with Crippen LogP contribution >= 0.6 is 0 Å². The Hall–Kier alpha value is -4.66. The molecule has 1 saturated heterocycles. The van der Waals surface area contributed by atoms with Crippen molar-refractivity contribution < 1.29 is 38.4 Å². The first-order valence-electron chi connectivity index (χ1n) is 12.0. The Morgan fingerprint density at radius 1 is 0.868 bits per heavy atom. The molecule has 2 aliphatic heterocycles. The van der Waals surface area contributed by atoms with Gasteiger partial charge in [0.25, 0.3) is 11.7 Å². The molecular formula is C29H27NO8. The van der Waals surface area contributed by atoms with E-state index in [4.69, 9.17) is 23.7 Å². The van der Waals surface area contributed by atoms with E-state index in [1.165, 1.54) is 26.2 Å². The van der Waals surface area contributed by atoms with Crippen LogP contribution in [0.4, 0.5) is 5.69 Å². The van der Waals surface area contributed by atoms with E-state index in [9.17, 15) is 14.7 Å². The van der Waals surface area contributed by atoms with Crippen LogP contribution in [0.2, 0.25) is 0 Å². The first kappa shape index (κ1) is 25.0. The van der Waals surface area contributed by atoms with Gasteiger partial charge in [0.2, 0.25) is 5.75 Å². The summed E-state index contributed by atoms with van der Waals surface area (Å²) in [5.74, 6) is 0.0906. The zero-order valence-electron chi connectivity index (χ0n) is 21.4. The van der Waals surface area contributed by atoms with E-state index in [0.717, 1.165) is 5.56 Å². The van der Waals surface area contributed by atoms with Crippen molar-refractivity contribution in [3.8, 4) is 28.7 Å². The second-order valence-corrected chi connectivity index (χ2v) is 8.82. The average molecular weight is 518 g/mol. The minimum Gasteiger partial charge on any atom is -0.507 e. The maximum atomic E-state index is 13.5. The standard InChI is InChI=1S/C29H27NO8/c1-16-5-8-19(9-6-16)30-25(18-14-22(34-2)28(36-4)23(15-18)35-3)24(27(32)29(30)33)26(31)17-7-10-20-21(13-17)38-12-11-37-20/h5-10,13-15,25,31H,11-12H2,1-4H3/b26-24+. The van der Waals surface area contributed by atoms with Crippen LogP contribution < -0.4 is 28.6 Å². The van der Waals surface area contributed by atoms with Crippen molar-refractivity contribution >= 4 is 23.1 Å². The van der Waals surface area contributed by atoms with Crippen LogP contribution in [-0.2, 0) is 9.59 Å². The van der Waals surface area contributed by atoms with Crippen molar-refractivity contribution in [3.05, 3.63) is 76.9 Å². The topological polar surface area (TPSA) is 104 Å². The molecule has 1 fully saturated rings. The molecule has 1 atom stereocenters. The summed E-state index contributed by atoms with van der Waals surface area (Å²) in [5.41, 5.74) is 2.21. The van der Waals surface area contributed by atoms with Gasteiger partial charge in [0.15, 0.2) is 23.0 Å². The van der Waals surface area contributed by atoms with Gasteiger partial charge in [-0.1, -0.05) is 17.7 Å². The number of carbonyl (C=O) groups is 2. The number of rotatable bonds is 6. The van der Waals surface area contributed by atoms with Crippen LogP contribution in [0.25, 0.3) is 5.76 Å². The normalized spacial score (nSPS) is 17.9. The Balaban J connectivity index is 1.74. The lowest BCUT2D eigenvalue weighted by molar-refractivity contribution is -0.132. The van der Waals surface area contributed by atoms with E-state index < -0.39 is 17.7 Å². The van der Waals surface area contributed by atoms with Gasteiger partial charge in [-0.2, -0.15) is 0 Å². The third-order valence-corrected chi connectivity index (χ3v) is 6.57. The molecule has 2 aliphatic rings. The highest BCUT2D eigenvalue weighted by molar-refractivity contribution is 6.51. The van der Waals surface area contributed by atoms with Gasteiger partial charge in [0.05, 0.1) is 32.9 Å². The number of benzene rings is 3.